The molecule has 1 aromatic carbocycles. The van der Waals surface area contributed by atoms with Crippen molar-refractivity contribution in [3.8, 4) is 18.2 Å². The Morgan fingerprint density at radius 2 is 1.50 bits per heavy atom. The Balaban J connectivity index is 3.07. The van der Waals surface area contributed by atoms with Crippen molar-refractivity contribution < 1.29 is 8.42 Å². The lowest BCUT2D eigenvalue weighted by Gasteiger charge is -2.22. The van der Waals surface area contributed by atoms with Crippen molar-refractivity contribution in [2.45, 2.75) is 30.6 Å². The monoisotopic (exact) mass is 316 g/mol. The van der Waals surface area contributed by atoms with E-state index in [0.29, 0.717) is 12.8 Å². The molecule has 0 aromatic heterocycles. The van der Waals surface area contributed by atoms with Crippen molar-refractivity contribution in [1.29, 1.82) is 15.8 Å². The molecule has 22 heavy (non-hydrogen) atoms. The molecule has 0 spiro atoms. The molecule has 0 saturated carbocycles. The number of hydrogen-bond donors (Lipinski definition) is 0. The first-order valence-corrected chi connectivity index (χ1v) is 8.25. The fraction of sp³-hybridized carbons (Fsp3) is 0.400. The molecule has 0 bridgehead atoms. The van der Waals surface area contributed by atoms with Crippen LogP contribution in [-0.2, 0) is 10.0 Å². The molecule has 0 heterocycles. The maximum atomic E-state index is 12.7. The van der Waals surface area contributed by atoms with E-state index in [0.717, 1.165) is 0 Å². The Morgan fingerprint density at radius 1 is 0.955 bits per heavy atom. The number of sulfonamides is 1. The summed E-state index contributed by atoms with van der Waals surface area (Å²) in [6, 6.07) is 11.9. The molecule has 7 heteroatoms. The second kappa shape index (κ2) is 8.79. The number of unbranched alkanes of at least 4 members (excludes halogenated alkanes) is 2. The van der Waals surface area contributed by atoms with Crippen LogP contribution >= 0.6 is 0 Å². The average Bonchev–Trinajstić information content (AvgIpc) is 2.53. The zero-order valence-corrected chi connectivity index (χ0v) is 12.9. The smallest absolute Gasteiger partial charge is 0.207 e. The maximum Gasteiger partial charge on any atom is 0.244 e. The topological polar surface area (TPSA) is 109 Å². The van der Waals surface area contributed by atoms with Crippen LogP contribution in [-0.4, -0.2) is 25.8 Å². The summed E-state index contributed by atoms with van der Waals surface area (Å²) in [6.45, 7) is 0.391. The minimum Gasteiger partial charge on any atom is -0.207 e. The van der Waals surface area contributed by atoms with Gasteiger partial charge in [-0.05, 0) is 25.0 Å². The molecule has 0 fully saturated rings. The highest BCUT2D eigenvalue weighted by atomic mass is 32.2. The van der Waals surface area contributed by atoms with Gasteiger partial charge in [-0.25, -0.2) is 8.42 Å². The Morgan fingerprint density at radius 3 is 2.00 bits per heavy atom. The van der Waals surface area contributed by atoms with Gasteiger partial charge < -0.3 is 0 Å². The summed E-state index contributed by atoms with van der Waals surface area (Å²) < 4.78 is 26.7. The third-order valence-corrected chi connectivity index (χ3v) is 4.97. The molecule has 0 radical (unpaired) electrons. The second-order valence-electron chi connectivity index (χ2n) is 4.54. The lowest BCUT2D eigenvalue weighted by atomic mass is 10.2. The number of benzene rings is 1. The molecule has 0 N–H and O–H groups in total. The Bertz CT molecular complexity index is 703. The van der Waals surface area contributed by atoms with E-state index < -0.39 is 10.0 Å². The fourth-order valence-corrected chi connectivity index (χ4v) is 3.60. The van der Waals surface area contributed by atoms with Crippen LogP contribution in [0.1, 0.15) is 31.2 Å². The highest BCUT2D eigenvalue weighted by Gasteiger charge is 2.26. The molecule has 114 valence electrons. The van der Waals surface area contributed by atoms with Gasteiger partial charge in [0.25, 0.3) is 0 Å². The van der Waals surface area contributed by atoms with Gasteiger partial charge >= 0.3 is 0 Å². The molecule has 0 amide bonds. The molecule has 0 aliphatic rings. The Kier molecular flexibility index (Phi) is 7.05. The van der Waals surface area contributed by atoms with Crippen LogP contribution in [0.15, 0.2) is 29.2 Å². The zero-order valence-electron chi connectivity index (χ0n) is 12.1. The van der Waals surface area contributed by atoms with Gasteiger partial charge in [-0.2, -0.15) is 20.1 Å². The van der Waals surface area contributed by atoms with Gasteiger partial charge in [0.1, 0.15) is 6.07 Å². The van der Waals surface area contributed by atoms with Crippen LogP contribution in [0.3, 0.4) is 0 Å². The van der Waals surface area contributed by atoms with E-state index in [9.17, 15) is 8.42 Å². The first-order chi connectivity index (χ1) is 10.6. The lowest BCUT2D eigenvalue weighted by Crippen LogP contribution is -2.33. The summed E-state index contributed by atoms with van der Waals surface area (Å²) in [6.07, 6.45) is 1.34. The molecular formula is C15H16N4O2S. The molecule has 0 aliphatic carbocycles. The van der Waals surface area contributed by atoms with E-state index in [4.69, 9.17) is 15.8 Å². The van der Waals surface area contributed by atoms with Crippen LogP contribution in [0.2, 0.25) is 0 Å². The molecule has 0 saturated heterocycles. The van der Waals surface area contributed by atoms with Crippen LogP contribution in [0.4, 0.5) is 0 Å². The average molecular weight is 316 g/mol. The fourth-order valence-electron chi connectivity index (χ4n) is 1.94. The van der Waals surface area contributed by atoms with Crippen molar-refractivity contribution in [3.05, 3.63) is 29.8 Å². The number of nitriles is 3. The van der Waals surface area contributed by atoms with Crippen molar-refractivity contribution in [3.63, 3.8) is 0 Å². The summed E-state index contributed by atoms with van der Waals surface area (Å²) in [4.78, 5) is -0.0357. The van der Waals surface area contributed by atoms with Crippen molar-refractivity contribution in [1.82, 2.24) is 4.31 Å². The quantitative estimate of drug-likeness (QED) is 0.683. The number of rotatable bonds is 8. The lowest BCUT2D eigenvalue weighted by molar-refractivity contribution is 0.401. The van der Waals surface area contributed by atoms with Crippen LogP contribution in [0.25, 0.3) is 0 Å². The van der Waals surface area contributed by atoms with Crippen LogP contribution < -0.4 is 0 Å². The van der Waals surface area contributed by atoms with Crippen molar-refractivity contribution >= 4 is 10.0 Å². The number of hydrogen-bond acceptors (Lipinski definition) is 5. The highest BCUT2D eigenvalue weighted by molar-refractivity contribution is 7.89. The van der Waals surface area contributed by atoms with Crippen LogP contribution in [0, 0.1) is 34.0 Å². The van der Waals surface area contributed by atoms with Gasteiger partial charge in [0.05, 0.1) is 22.6 Å². The van der Waals surface area contributed by atoms with Gasteiger partial charge in [0, 0.05) is 25.9 Å². The standard InChI is InChI=1S/C15H16N4O2S/c16-9-3-5-11-19(12-6-4-10-17)22(20,21)15-8-2-1-7-14(15)13-18/h1-2,7-8H,3-6,11-12H2. The third-order valence-electron chi connectivity index (χ3n) is 3.02. The Hall–Kier alpha value is -2.40. The van der Waals surface area contributed by atoms with E-state index in [1.54, 1.807) is 12.1 Å². The van der Waals surface area contributed by atoms with E-state index in [1.807, 2.05) is 18.2 Å². The molecule has 0 aliphatic heterocycles. The molecule has 0 atom stereocenters. The normalized spacial score (nSPS) is 10.6. The first kappa shape index (κ1) is 17.7. The van der Waals surface area contributed by atoms with Gasteiger partial charge in [0.15, 0.2) is 0 Å². The zero-order chi connectivity index (χ0) is 16.4. The number of nitrogens with zero attached hydrogens (tertiary/aromatic N) is 4. The van der Waals surface area contributed by atoms with E-state index in [2.05, 4.69) is 0 Å². The molecule has 6 nitrogen and oxygen atoms in total. The maximum absolute atomic E-state index is 12.7. The highest BCUT2D eigenvalue weighted by Crippen LogP contribution is 2.20. The van der Waals surface area contributed by atoms with Crippen molar-refractivity contribution in [2.75, 3.05) is 13.1 Å². The SMILES string of the molecule is N#CCCCN(CCCC#N)S(=O)(=O)c1ccccc1C#N. The predicted molar refractivity (Wildman–Crippen MR) is 79.6 cm³/mol. The minimum absolute atomic E-state index is 0.0357. The summed E-state index contributed by atoms with van der Waals surface area (Å²) in [5.74, 6) is 0. The van der Waals surface area contributed by atoms with E-state index >= 15 is 0 Å². The molecule has 1 rings (SSSR count). The summed E-state index contributed by atoms with van der Waals surface area (Å²) in [5.41, 5.74) is 0.0908. The first-order valence-electron chi connectivity index (χ1n) is 6.81. The van der Waals surface area contributed by atoms with Gasteiger partial charge in [-0.3, -0.25) is 0 Å². The van der Waals surface area contributed by atoms with Crippen LogP contribution in [0.5, 0.6) is 0 Å². The minimum atomic E-state index is -3.81. The van der Waals surface area contributed by atoms with Crippen molar-refractivity contribution in [2.24, 2.45) is 0 Å². The summed E-state index contributed by atoms with van der Waals surface area (Å²) >= 11 is 0. The summed E-state index contributed by atoms with van der Waals surface area (Å²) in [5, 5.41) is 26.3. The molecular weight excluding hydrogens is 300 g/mol. The largest absolute Gasteiger partial charge is 0.244 e. The van der Waals surface area contributed by atoms with E-state index in [1.165, 1.54) is 16.4 Å². The predicted octanol–water partition coefficient (Wildman–Crippen LogP) is 2.16. The Labute approximate surface area is 130 Å². The second-order valence-corrected chi connectivity index (χ2v) is 6.44. The van der Waals surface area contributed by atoms with Gasteiger partial charge in [0.2, 0.25) is 10.0 Å². The molecule has 1 aromatic rings. The molecule has 0 unspecified atom stereocenters. The van der Waals surface area contributed by atoms with Gasteiger partial charge in [-0.15, -0.1) is 0 Å². The summed E-state index contributed by atoms with van der Waals surface area (Å²) in [7, 11) is -3.81. The third kappa shape index (κ3) is 4.56. The van der Waals surface area contributed by atoms with Gasteiger partial charge in [-0.1, -0.05) is 12.1 Å². The van der Waals surface area contributed by atoms with E-state index in [-0.39, 0.29) is 36.4 Å².